The van der Waals surface area contributed by atoms with E-state index in [1.807, 2.05) is 30.3 Å². The Morgan fingerprint density at radius 1 is 1.08 bits per heavy atom. The van der Waals surface area contributed by atoms with Crippen molar-refractivity contribution in [1.29, 1.82) is 0 Å². The van der Waals surface area contributed by atoms with Crippen molar-refractivity contribution >= 4 is 34.3 Å². The third kappa shape index (κ3) is 3.74. The zero-order valence-corrected chi connectivity index (χ0v) is 15.1. The molecule has 3 rings (SSSR count). The number of carbonyl (C=O) groups excluding carboxylic acids is 1. The molecule has 0 aliphatic rings. The SMILES string of the molecule is Cc1nc(-c2ccccc2)nc(Sc2ccccc2[N+](=O)[O-])c1C(=O)Cl. The van der Waals surface area contributed by atoms with Crippen molar-refractivity contribution in [1.82, 2.24) is 9.97 Å². The van der Waals surface area contributed by atoms with Crippen LogP contribution in [0.1, 0.15) is 16.1 Å². The number of halogens is 1. The van der Waals surface area contributed by atoms with Crippen LogP contribution in [0.5, 0.6) is 0 Å². The quantitative estimate of drug-likeness (QED) is 0.269. The molecule has 0 fully saturated rings. The van der Waals surface area contributed by atoms with Crippen molar-refractivity contribution in [2.24, 2.45) is 0 Å². The summed E-state index contributed by atoms with van der Waals surface area (Å²) in [6.45, 7) is 1.66. The number of nitrogens with zero attached hydrogens (tertiary/aromatic N) is 3. The van der Waals surface area contributed by atoms with E-state index < -0.39 is 10.2 Å². The maximum Gasteiger partial charge on any atom is 0.283 e. The first kappa shape index (κ1) is 18.0. The van der Waals surface area contributed by atoms with E-state index in [1.54, 1.807) is 25.1 Å². The van der Waals surface area contributed by atoms with E-state index in [4.69, 9.17) is 11.6 Å². The third-order valence-corrected chi connectivity index (χ3v) is 4.80. The molecule has 0 saturated carbocycles. The summed E-state index contributed by atoms with van der Waals surface area (Å²) in [6, 6.07) is 15.5. The van der Waals surface area contributed by atoms with Crippen LogP contribution in [-0.4, -0.2) is 20.1 Å². The smallest absolute Gasteiger partial charge is 0.275 e. The van der Waals surface area contributed by atoms with Gasteiger partial charge in [-0.25, -0.2) is 9.97 Å². The summed E-state index contributed by atoms with van der Waals surface area (Å²) >= 11 is 6.74. The number of carbonyl (C=O) groups is 1. The summed E-state index contributed by atoms with van der Waals surface area (Å²) in [5.41, 5.74) is 1.27. The molecule has 130 valence electrons. The summed E-state index contributed by atoms with van der Waals surface area (Å²) in [6.07, 6.45) is 0. The van der Waals surface area contributed by atoms with Crippen molar-refractivity contribution in [3.63, 3.8) is 0 Å². The topological polar surface area (TPSA) is 86.0 Å². The van der Waals surface area contributed by atoms with Gasteiger partial charge >= 0.3 is 0 Å². The molecule has 0 bridgehead atoms. The van der Waals surface area contributed by atoms with Crippen LogP contribution in [0, 0.1) is 17.0 Å². The number of benzene rings is 2. The largest absolute Gasteiger partial charge is 0.283 e. The summed E-state index contributed by atoms with van der Waals surface area (Å²) in [5, 5.41) is 10.8. The maximum absolute atomic E-state index is 11.9. The second-order valence-electron chi connectivity index (χ2n) is 5.28. The molecular weight excluding hydrogens is 374 g/mol. The molecule has 1 aromatic heterocycles. The Morgan fingerprint density at radius 3 is 2.38 bits per heavy atom. The van der Waals surface area contributed by atoms with E-state index in [-0.39, 0.29) is 16.3 Å². The molecule has 0 unspecified atom stereocenters. The Kier molecular flexibility index (Phi) is 5.29. The Labute approximate surface area is 158 Å². The lowest BCUT2D eigenvalue weighted by molar-refractivity contribution is -0.387. The molecule has 0 aliphatic heterocycles. The molecule has 0 atom stereocenters. The lowest BCUT2D eigenvalue weighted by Crippen LogP contribution is -2.05. The van der Waals surface area contributed by atoms with Gasteiger partial charge in [0.25, 0.3) is 10.9 Å². The first-order valence-corrected chi connectivity index (χ1v) is 8.72. The number of rotatable bonds is 5. The van der Waals surface area contributed by atoms with Crippen LogP contribution in [0.15, 0.2) is 64.5 Å². The first-order valence-electron chi connectivity index (χ1n) is 7.52. The highest BCUT2D eigenvalue weighted by molar-refractivity contribution is 7.99. The normalized spacial score (nSPS) is 10.5. The van der Waals surface area contributed by atoms with Gasteiger partial charge in [0.2, 0.25) is 0 Å². The van der Waals surface area contributed by atoms with Gasteiger partial charge in [-0.3, -0.25) is 14.9 Å². The minimum absolute atomic E-state index is 0.0667. The number of nitro benzene ring substituents is 1. The van der Waals surface area contributed by atoms with E-state index >= 15 is 0 Å². The van der Waals surface area contributed by atoms with E-state index in [9.17, 15) is 14.9 Å². The summed E-state index contributed by atoms with van der Waals surface area (Å²) < 4.78 is 0. The molecule has 26 heavy (non-hydrogen) atoms. The molecule has 2 aromatic carbocycles. The molecule has 3 aromatic rings. The van der Waals surface area contributed by atoms with E-state index in [0.29, 0.717) is 16.4 Å². The predicted molar refractivity (Wildman–Crippen MR) is 99.6 cm³/mol. The minimum atomic E-state index is -0.705. The summed E-state index contributed by atoms with van der Waals surface area (Å²) in [5.74, 6) is 0.422. The van der Waals surface area contributed by atoms with Crippen molar-refractivity contribution in [2.75, 3.05) is 0 Å². The Hall–Kier alpha value is -2.77. The zero-order valence-electron chi connectivity index (χ0n) is 13.5. The molecule has 0 spiro atoms. The number of hydrogen-bond acceptors (Lipinski definition) is 6. The van der Waals surface area contributed by atoms with Crippen LogP contribution in [0.3, 0.4) is 0 Å². The molecule has 0 amide bonds. The van der Waals surface area contributed by atoms with Crippen molar-refractivity contribution in [3.05, 3.63) is 76.0 Å². The molecule has 0 aliphatic carbocycles. The third-order valence-electron chi connectivity index (χ3n) is 3.55. The predicted octanol–water partition coefficient (Wildman–Crippen LogP) is 4.89. The van der Waals surface area contributed by atoms with Gasteiger partial charge < -0.3 is 0 Å². The number of para-hydroxylation sites is 1. The fourth-order valence-corrected chi connectivity index (χ4v) is 3.72. The number of aryl methyl sites for hydroxylation is 1. The Morgan fingerprint density at radius 2 is 1.73 bits per heavy atom. The average Bonchev–Trinajstić information content (AvgIpc) is 2.62. The zero-order chi connectivity index (χ0) is 18.7. The summed E-state index contributed by atoms with van der Waals surface area (Å²) in [7, 11) is 0. The van der Waals surface area contributed by atoms with Gasteiger partial charge in [-0.1, -0.05) is 54.2 Å². The number of aromatic nitrogens is 2. The molecular formula is C18H12ClN3O3S. The molecule has 0 N–H and O–H groups in total. The van der Waals surface area contributed by atoms with Crippen LogP contribution >= 0.6 is 23.4 Å². The van der Waals surface area contributed by atoms with Crippen LogP contribution in [-0.2, 0) is 0 Å². The van der Waals surface area contributed by atoms with Crippen molar-refractivity contribution < 1.29 is 9.72 Å². The molecule has 6 nitrogen and oxygen atoms in total. The minimum Gasteiger partial charge on any atom is -0.275 e. The molecule has 1 heterocycles. The van der Waals surface area contributed by atoms with Crippen LogP contribution in [0.4, 0.5) is 5.69 Å². The van der Waals surface area contributed by atoms with Gasteiger partial charge in [-0.05, 0) is 24.6 Å². The van der Waals surface area contributed by atoms with Gasteiger partial charge in [-0.15, -0.1) is 0 Å². The maximum atomic E-state index is 11.9. The van der Waals surface area contributed by atoms with Gasteiger partial charge in [0, 0.05) is 11.6 Å². The fraction of sp³-hybridized carbons (Fsp3) is 0.0556. The molecule has 0 saturated heterocycles. The van der Waals surface area contributed by atoms with E-state index in [2.05, 4.69) is 9.97 Å². The monoisotopic (exact) mass is 385 g/mol. The fourth-order valence-electron chi connectivity index (χ4n) is 2.36. The van der Waals surface area contributed by atoms with E-state index in [0.717, 1.165) is 17.3 Å². The number of nitro groups is 1. The second-order valence-corrected chi connectivity index (χ2v) is 6.65. The van der Waals surface area contributed by atoms with Crippen LogP contribution in [0.25, 0.3) is 11.4 Å². The summed E-state index contributed by atoms with van der Waals surface area (Å²) in [4.78, 5) is 31.8. The molecule has 0 radical (unpaired) electrons. The highest BCUT2D eigenvalue weighted by Crippen LogP contribution is 2.37. The van der Waals surface area contributed by atoms with Gasteiger partial charge in [0.15, 0.2) is 5.82 Å². The second kappa shape index (κ2) is 7.63. The van der Waals surface area contributed by atoms with Gasteiger partial charge in [-0.2, -0.15) is 0 Å². The first-order chi connectivity index (χ1) is 12.5. The Balaban J connectivity index is 2.15. The van der Waals surface area contributed by atoms with Crippen molar-refractivity contribution in [3.8, 4) is 11.4 Å². The average molecular weight is 386 g/mol. The van der Waals surface area contributed by atoms with Crippen molar-refractivity contribution in [2.45, 2.75) is 16.8 Å². The highest BCUT2D eigenvalue weighted by atomic mass is 35.5. The van der Waals surface area contributed by atoms with Gasteiger partial charge in [0.05, 0.1) is 21.1 Å². The van der Waals surface area contributed by atoms with Gasteiger partial charge in [0.1, 0.15) is 5.03 Å². The standard InChI is InChI=1S/C18H12ClN3O3S/c1-11-15(16(19)23)18(21-17(20-11)12-7-3-2-4-8-12)26-14-10-6-5-9-13(14)22(24)25/h2-10H,1H3. The van der Waals surface area contributed by atoms with Crippen LogP contribution in [0.2, 0.25) is 0 Å². The van der Waals surface area contributed by atoms with E-state index in [1.165, 1.54) is 6.07 Å². The highest BCUT2D eigenvalue weighted by Gasteiger charge is 2.22. The number of hydrogen-bond donors (Lipinski definition) is 0. The lowest BCUT2D eigenvalue weighted by Gasteiger charge is -2.10. The Bertz CT molecular complexity index is 996. The lowest BCUT2D eigenvalue weighted by atomic mass is 10.2. The van der Waals surface area contributed by atoms with Crippen LogP contribution < -0.4 is 0 Å². The molecule has 8 heteroatoms.